The maximum atomic E-state index is 10.3. The largest absolute Gasteiger partial charge is 0.421 e. The normalized spacial score (nSPS) is 20.5. The van der Waals surface area contributed by atoms with Gasteiger partial charge in [-0.05, 0) is 46.3 Å². The fraction of sp³-hybridized carbons (Fsp3) is 0.600. The number of likely N-dealkylation sites (tertiary alicyclic amines) is 1. The fourth-order valence-corrected chi connectivity index (χ4v) is 3.05. The van der Waals surface area contributed by atoms with Crippen LogP contribution in [0, 0.1) is 0 Å². The monoisotopic (exact) mass is 324 g/mol. The third-order valence-electron chi connectivity index (χ3n) is 3.94. The summed E-state index contributed by atoms with van der Waals surface area (Å²) in [7, 11) is 2.10. The molecule has 1 saturated heterocycles. The Balaban J connectivity index is 1.92. The van der Waals surface area contributed by atoms with Crippen molar-refractivity contribution in [3.8, 4) is 0 Å². The molecule has 6 nitrogen and oxygen atoms in total. The van der Waals surface area contributed by atoms with E-state index in [4.69, 9.17) is 16.0 Å². The molecule has 0 radical (unpaired) electrons. The Morgan fingerprint density at radius 3 is 2.91 bits per heavy atom. The van der Waals surface area contributed by atoms with Gasteiger partial charge >= 0.3 is 0 Å². The van der Waals surface area contributed by atoms with Gasteiger partial charge in [-0.1, -0.05) is 11.6 Å². The molecule has 0 aliphatic carbocycles. The predicted octanol–water partition coefficient (Wildman–Crippen LogP) is 2.61. The SMILES string of the molecule is CN1CCC[C@@H](Nc2nc3nc(Cl)cc(C(C)(C)O)c3o2)C1. The van der Waals surface area contributed by atoms with Gasteiger partial charge in [-0.2, -0.15) is 4.98 Å². The smallest absolute Gasteiger partial charge is 0.297 e. The van der Waals surface area contributed by atoms with Gasteiger partial charge in [-0.3, -0.25) is 0 Å². The summed E-state index contributed by atoms with van der Waals surface area (Å²) in [4.78, 5) is 10.8. The third kappa shape index (κ3) is 3.19. The highest BCUT2D eigenvalue weighted by Gasteiger charge is 2.25. The van der Waals surface area contributed by atoms with Crippen molar-refractivity contribution in [3.05, 3.63) is 16.8 Å². The third-order valence-corrected chi connectivity index (χ3v) is 4.13. The summed E-state index contributed by atoms with van der Waals surface area (Å²) in [6.45, 7) is 5.44. The number of hydrogen-bond acceptors (Lipinski definition) is 6. The van der Waals surface area contributed by atoms with Crippen LogP contribution in [0.5, 0.6) is 0 Å². The van der Waals surface area contributed by atoms with Crippen molar-refractivity contribution in [1.29, 1.82) is 0 Å². The van der Waals surface area contributed by atoms with E-state index in [1.807, 2.05) is 0 Å². The van der Waals surface area contributed by atoms with E-state index >= 15 is 0 Å². The quantitative estimate of drug-likeness (QED) is 0.845. The minimum absolute atomic E-state index is 0.293. The van der Waals surface area contributed by atoms with Crippen LogP contribution in [-0.4, -0.2) is 46.2 Å². The summed E-state index contributed by atoms with van der Waals surface area (Å²) in [5.41, 5.74) is 0.399. The number of rotatable bonds is 3. The Kier molecular flexibility index (Phi) is 4.01. The van der Waals surface area contributed by atoms with Crippen LogP contribution in [0.3, 0.4) is 0 Å². The highest BCUT2D eigenvalue weighted by Crippen LogP contribution is 2.31. The van der Waals surface area contributed by atoms with Gasteiger partial charge in [0.2, 0.25) is 5.65 Å². The standard InChI is InChI=1S/C15H21ClN4O2/c1-15(2,21)10-7-11(16)18-13-12(10)22-14(19-13)17-9-5-4-6-20(3)8-9/h7,9,21H,4-6,8H2,1-3H3,(H,17,18,19)/t9-/m1/s1. The summed E-state index contributed by atoms with van der Waals surface area (Å²) >= 11 is 6.02. The van der Waals surface area contributed by atoms with Gasteiger partial charge < -0.3 is 19.7 Å². The molecule has 120 valence electrons. The van der Waals surface area contributed by atoms with Gasteiger partial charge in [-0.25, -0.2) is 4.98 Å². The molecule has 3 rings (SSSR count). The molecule has 1 atom stereocenters. The lowest BCUT2D eigenvalue weighted by Gasteiger charge is -2.29. The molecule has 1 aliphatic rings. The molecule has 0 unspecified atom stereocenters. The minimum Gasteiger partial charge on any atom is -0.421 e. The molecule has 1 aliphatic heterocycles. The second-order valence-electron chi connectivity index (χ2n) is 6.47. The van der Waals surface area contributed by atoms with Crippen molar-refractivity contribution in [2.45, 2.75) is 38.3 Å². The first kappa shape index (κ1) is 15.5. The number of aromatic nitrogens is 2. The molecule has 0 saturated carbocycles. The summed E-state index contributed by atoms with van der Waals surface area (Å²) in [6, 6.07) is 2.34. The fourth-order valence-electron chi connectivity index (χ4n) is 2.86. The van der Waals surface area contributed by atoms with Crippen LogP contribution < -0.4 is 5.32 Å². The topological polar surface area (TPSA) is 74.4 Å². The average molecular weight is 325 g/mol. The van der Waals surface area contributed by atoms with E-state index in [-0.39, 0.29) is 0 Å². The van der Waals surface area contributed by atoms with Crippen LogP contribution in [0.25, 0.3) is 11.2 Å². The first-order chi connectivity index (χ1) is 10.3. The number of likely N-dealkylation sites (N-methyl/N-ethyl adjacent to an activating group) is 1. The van der Waals surface area contributed by atoms with Crippen molar-refractivity contribution in [1.82, 2.24) is 14.9 Å². The lowest BCUT2D eigenvalue weighted by molar-refractivity contribution is 0.0791. The first-order valence-corrected chi connectivity index (χ1v) is 7.86. The summed E-state index contributed by atoms with van der Waals surface area (Å²) < 4.78 is 5.80. The number of hydrogen-bond donors (Lipinski definition) is 2. The van der Waals surface area contributed by atoms with Crippen molar-refractivity contribution >= 4 is 28.8 Å². The number of nitrogens with one attached hydrogen (secondary N) is 1. The number of pyridine rings is 1. The Morgan fingerprint density at radius 1 is 1.45 bits per heavy atom. The number of halogens is 1. The molecule has 22 heavy (non-hydrogen) atoms. The summed E-state index contributed by atoms with van der Waals surface area (Å²) in [5.74, 6) is 0. The maximum Gasteiger partial charge on any atom is 0.297 e. The summed E-state index contributed by atoms with van der Waals surface area (Å²) in [6.07, 6.45) is 2.23. The van der Waals surface area contributed by atoms with Crippen molar-refractivity contribution in [3.63, 3.8) is 0 Å². The van der Waals surface area contributed by atoms with Gasteiger partial charge in [-0.15, -0.1) is 0 Å². The number of oxazole rings is 1. The molecular weight excluding hydrogens is 304 g/mol. The zero-order valence-corrected chi connectivity index (χ0v) is 13.8. The number of piperidine rings is 1. The van der Waals surface area contributed by atoms with E-state index < -0.39 is 5.60 Å². The summed E-state index contributed by atoms with van der Waals surface area (Å²) in [5, 5.41) is 13.9. The molecule has 2 aromatic heterocycles. The molecule has 2 aromatic rings. The molecule has 0 aromatic carbocycles. The lowest BCUT2D eigenvalue weighted by Crippen LogP contribution is -2.39. The average Bonchev–Trinajstić information content (AvgIpc) is 2.78. The van der Waals surface area contributed by atoms with E-state index in [9.17, 15) is 5.11 Å². The number of aliphatic hydroxyl groups is 1. The van der Waals surface area contributed by atoms with Crippen LogP contribution in [-0.2, 0) is 5.60 Å². The van der Waals surface area contributed by atoms with Crippen LogP contribution in [0.4, 0.5) is 6.01 Å². The predicted molar refractivity (Wildman–Crippen MR) is 86.2 cm³/mol. The van der Waals surface area contributed by atoms with Gasteiger partial charge in [0.15, 0.2) is 5.58 Å². The van der Waals surface area contributed by atoms with E-state index in [0.717, 1.165) is 25.9 Å². The van der Waals surface area contributed by atoms with Crippen molar-refractivity contribution in [2.24, 2.45) is 0 Å². The van der Waals surface area contributed by atoms with E-state index in [0.29, 0.717) is 34.0 Å². The molecule has 0 amide bonds. The Morgan fingerprint density at radius 2 is 2.23 bits per heavy atom. The van der Waals surface area contributed by atoms with Crippen LogP contribution in [0.2, 0.25) is 5.15 Å². The number of anilines is 1. The Bertz CT molecular complexity index is 680. The number of fused-ring (bicyclic) bond motifs is 1. The van der Waals surface area contributed by atoms with Gasteiger partial charge in [0.05, 0.1) is 5.60 Å². The first-order valence-electron chi connectivity index (χ1n) is 7.48. The second kappa shape index (κ2) is 5.68. The zero-order chi connectivity index (χ0) is 15.9. The highest BCUT2D eigenvalue weighted by atomic mass is 35.5. The molecule has 0 bridgehead atoms. The lowest BCUT2D eigenvalue weighted by atomic mass is 9.99. The molecular formula is C15H21ClN4O2. The van der Waals surface area contributed by atoms with E-state index in [2.05, 4.69) is 27.2 Å². The molecule has 3 heterocycles. The number of nitrogens with zero attached hydrogens (tertiary/aromatic N) is 3. The van der Waals surface area contributed by atoms with Crippen molar-refractivity contribution < 1.29 is 9.52 Å². The van der Waals surface area contributed by atoms with Crippen LogP contribution >= 0.6 is 11.6 Å². The van der Waals surface area contributed by atoms with E-state index in [1.165, 1.54) is 0 Å². The van der Waals surface area contributed by atoms with Gasteiger partial charge in [0.25, 0.3) is 6.01 Å². The molecule has 2 N–H and O–H groups in total. The van der Waals surface area contributed by atoms with E-state index in [1.54, 1.807) is 19.9 Å². The Labute approximate surface area is 134 Å². The van der Waals surface area contributed by atoms with Crippen LogP contribution in [0.1, 0.15) is 32.3 Å². The van der Waals surface area contributed by atoms with Crippen LogP contribution in [0.15, 0.2) is 10.5 Å². The Hall–Kier alpha value is -1.37. The minimum atomic E-state index is -1.08. The maximum absolute atomic E-state index is 10.3. The zero-order valence-electron chi connectivity index (χ0n) is 13.1. The molecule has 1 fully saturated rings. The van der Waals surface area contributed by atoms with Crippen molar-refractivity contribution in [2.75, 3.05) is 25.5 Å². The highest BCUT2D eigenvalue weighted by molar-refractivity contribution is 6.29. The molecule has 0 spiro atoms. The van der Waals surface area contributed by atoms with Gasteiger partial charge in [0.1, 0.15) is 5.15 Å². The van der Waals surface area contributed by atoms with Gasteiger partial charge in [0, 0.05) is 18.2 Å². The molecule has 7 heteroatoms. The second-order valence-corrected chi connectivity index (χ2v) is 6.86.